The summed E-state index contributed by atoms with van der Waals surface area (Å²) >= 11 is 0. The molecular formula is C15H27NO2. The maximum atomic E-state index is 11.2. The van der Waals surface area contributed by atoms with E-state index in [1.165, 1.54) is 57.8 Å². The van der Waals surface area contributed by atoms with Crippen molar-refractivity contribution < 1.29 is 9.90 Å². The van der Waals surface area contributed by atoms with Crippen molar-refractivity contribution in [2.24, 2.45) is 5.92 Å². The molecule has 2 atom stereocenters. The molecule has 2 rings (SSSR count). The minimum Gasteiger partial charge on any atom is -0.480 e. The van der Waals surface area contributed by atoms with Crippen molar-refractivity contribution in [1.82, 2.24) is 4.90 Å². The van der Waals surface area contributed by atoms with Gasteiger partial charge in [-0.15, -0.1) is 0 Å². The molecule has 2 aliphatic carbocycles. The van der Waals surface area contributed by atoms with Crippen LogP contribution < -0.4 is 0 Å². The van der Waals surface area contributed by atoms with Crippen LogP contribution in [-0.2, 0) is 4.79 Å². The predicted molar refractivity (Wildman–Crippen MR) is 72.6 cm³/mol. The third kappa shape index (κ3) is 3.25. The van der Waals surface area contributed by atoms with Crippen LogP contribution in [0, 0.1) is 5.92 Å². The Morgan fingerprint density at radius 1 is 1.11 bits per heavy atom. The van der Waals surface area contributed by atoms with Crippen LogP contribution in [0.3, 0.4) is 0 Å². The Balaban J connectivity index is 2.07. The van der Waals surface area contributed by atoms with E-state index in [0.29, 0.717) is 12.1 Å². The topological polar surface area (TPSA) is 40.5 Å². The van der Waals surface area contributed by atoms with Crippen LogP contribution in [0.1, 0.15) is 64.7 Å². The van der Waals surface area contributed by atoms with E-state index in [1.54, 1.807) is 0 Å². The van der Waals surface area contributed by atoms with Gasteiger partial charge in [-0.2, -0.15) is 0 Å². The second-order valence-corrected chi connectivity index (χ2v) is 6.02. The second-order valence-electron chi connectivity index (χ2n) is 6.02. The fourth-order valence-electron chi connectivity index (χ4n) is 4.01. The summed E-state index contributed by atoms with van der Waals surface area (Å²) in [7, 11) is 0. The fourth-order valence-corrected chi connectivity index (χ4v) is 4.01. The highest BCUT2D eigenvalue weighted by atomic mass is 16.4. The number of aliphatic carboxylic acids is 1. The van der Waals surface area contributed by atoms with Gasteiger partial charge in [0.15, 0.2) is 0 Å². The Hall–Kier alpha value is -0.570. The summed E-state index contributed by atoms with van der Waals surface area (Å²) < 4.78 is 0. The average molecular weight is 253 g/mol. The largest absolute Gasteiger partial charge is 0.480 e. The van der Waals surface area contributed by atoms with Crippen molar-refractivity contribution in [3.05, 3.63) is 0 Å². The van der Waals surface area contributed by atoms with Crippen molar-refractivity contribution in [2.75, 3.05) is 6.54 Å². The lowest BCUT2D eigenvalue weighted by Crippen LogP contribution is -2.49. The summed E-state index contributed by atoms with van der Waals surface area (Å²) in [5.41, 5.74) is 0. The molecule has 0 aromatic carbocycles. The first kappa shape index (κ1) is 13.9. The number of carbonyl (C=O) groups is 1. The lowest BCUT2D eigenvalue weighted by molar-refractivity contribution is -0.140. The molecule has 2 saturated carbocycles. The second kappa shape index (κ2) is 6.55. The van der Waals surface area contributed by atoms with Crippen LogP contribution in [0.2, 0.25) is 0 Å². The molecule has 3 heteroatoms. The lowest BCUT2D eigenvalue weighted by atomic mass is 9.81. The van der Waals surface area contributed by atoms with Crippen molar-refractivity contribution in [1.29, 1.82) is 0 Å². The van der Waals surface area contributed by atoms with Crippen LogP contribution in [0.15, 0.2) is 0 Å². The van der Waals surface area contributed by atoms with Crippen molar-refractivity contribution in [2.45, 2.75) is 76.8 Å². The zero-order valence-corrected chi connectivity index (χ0v) is 11.6. The summed E-state index contributed by atoms with van der Waals surface area (Å²) in [6.45, 7) is 2.52. The number of carboxylic acids is 1. The Bertz CT molecular complexity index is 274. The van der Waals surface area contributed by atoms with Gasteiger partial charge in [-0.05, 0) is 31.6 Å². The van der Waals surface area contributed by atoms with Gasteiger partial charge in [0.1, 0.15) is 0 Å². The van der Waals surface area contributed by atoms with Crippen LogP contribution >= 0.6 is 0 Å². The van der Waals surface area contributed by atoms with Crippen molar-refractivity contribution in [3.8, 4) is 0 Å². The third-order valence-electron chi connectivity index (χ3n) is 4.93. The standard InChI is InChI=1S/C15H27NO2/c1-2-12-7-3-6-10-14(12)16(11-15(17)18)13-8-4-5-9-13/h12-14H,2-11H2,1H3,(H,17,18). The molecule has 0 saturated heterocycles. The van der Waals surface area contributed by atoms with Crippen LogP contribution in [0.4, 0.5) is 0 Å². The summed E-state index contributed by atoms with van der Waals surface area (Å²) in [6.07, 6.45) is 11.3. The number of nitrogens with zero attached hydrogens (tertiary/aromatic N) is 1. The van der Waals surface area contributed by atoms with E-state index in [-0.39, 0.29) is 6.54 Å². The van der Waals surface area contributed by atoms with Crippen molar-refractivity contribution >= 4 is 5.97 Å². The van der Waals surface area contributed by atoms with E-state index in [0.717, 1.165) is 5.92 Å². The highest BCUT2D eigenvalue weighted by Gasteiger charge is 2.35. The van der Waals surface area contributed by atoms with E-state index in [2.05, 4.69) is 11.8 Å². The van der Waals surface area contributed by atoms with Gasteiger partial charge in [0.05, 0.1) is 6.54 Å². The van der Waals surface area contributed by atoms with Gasteiger partial charge in [0.25, 0.3) is 0 Å². The van der Waals surface area contributed by atoms with Crippen LogP contribution in [-0.4, -0.2) is 34.6 Å². The molecule has 0 radical (unpaired) electrons. The first-order chi connectivity index (χ1) is 8.72. The Morgan fingerprint density at radius 3 is 2.33 bits per heavy atom. The van der Waals surface area contributed by atoms with Gasteiger partial charge in [0.2, 0.25) is 0 Å². The number of hydrogen-bond acceptors (Lipinski definition) is 2. The molecule has 104 valence electrons. The molecule has 2 fully saturated rings. The first-order valence-corrected chi connectivity index (χ1v) is 7.70. The number of hydrogen-bond donors (Lipinski definition) is 1. The Kier molecular flexibility index (Phi) is 5.04. The van der Waals surface area contributed by atoms with Gasteiger partial charge in [-0.1, -0.05) is 39.0 Å². The third-order valence-corrected chi connectivity index (χ3v) is 4.93. The van der Waals surface area contributed by atoms with E-state index in [1.807, 2.05) is 0 Å². The molecule has 0 amide bonds. The predicted octanol–water partition coefficient (Wildman–Crippen LogP) is 3.28. The Morgan fingerprint density at radius 2 is 1.72 bits per heavy atom. The quantitative estimate of drug-likeness (QED) is 0.817. The van der Waals surface area contributed by atoms with Crippen LogP contribution in [0.25, 0.3) is 0 Å². The van der Waals surface area contributed by atoms with E-state index in [4.69, 9.17) is 0 Å². The number of rotatable bonds is 5. The lowest BCUT2D eigenvalue weighted by Gasteiger charge is -2.42. The maximum absolute atomic E-state index is 11.2. The van der Waals surface area contributed by atoms with E-state index in [9.17, 15) is 9.90 Å². The molecule has 0 spiro atoms. The van der Waals surface area contributed by atoms with Gasteiger partial charge >= 0.3 is 5.97 Å². The summed E-state index contributed by atoms with van der Waals surface area (Å²) in [4.78, 5) is 13.5. The SMILES string of the molecule is CCC1CCCCC1N(CC(=O)O)C1CCCC1. The molecule has 3 nitrogen and oxygen atoms in total. The van der Waals surface area contributed by atoms with Gasteiger partial charge in [0, 0.05) is 12.1 Å². The van der Waals surface area contributed by atoms with Crippen LogP contribution in [0.5, 0.6) is 0 Å². The smallest absolute Gasteiger partial charge is 0.317 e. The molecule has 0 aliphatic heterocycles. The summed E-state index contributed by atoms with van der Waals surface area (Å²) in [6, 6.07) is 1.07. The van der Waals surface area contributed by atoms with Gasteiger partial charge in [-0.3, -0.25) is 9.69 Å². The molecule has 0 aromatic rings. The molecule has 0 aromatic heterocycles. The summed E-state index contributed by atoms with van der Waals surface area (Å²) in [5.74, 6) is 0.0704. The minimum atomic E-state index is -0.651. The molecule has 1 N–H and O–H groups in total. The average Bonchev–Trinajstić information content (AvgIpc) is 2.89. The molecule has 0 heterocycles. The zero-order chi connectivity index (χ0) is 13.0. The summed E-state index contributed by atoms with van der Waals surface area (Å²) in [5, 5.41) is 9.19. The molecule has 0 bridgehead atoms. The molecular weight excluding hydrogens is 226 g/mol. The highest BCUT2D eigenvalue weighted by molar-refractivity contribution is 5.69. The monoisotopic (exact) mass is 253 g/mol. The fraction of sp³-hybridized carbons (Fsp3) is 0.933. The molecule has 18 heavy (non-hydrogen) atoms. The van der Waals surface area contributed by atoms with Gasteiger partial charge < -0.3 is 5.11 Å². The molecule has 2 unspecified atom stereocenters. The van der Waals surface area contributed by atoms with Crippen molar-refractivity contribution in [3.63, 3.8) is 0 Å². The van der Waals surface area contributed by atoms with E-state index >= 15 is 0 Å². The minimum absolute atomic E-state index is 0.256. The highest BCUT2D eigenvalue weighted by Crippen LogP contribution is 2.35. The molecule has 2 aliphatic rings. The number of carboxylic acid groups (broad SMARTS) is 1. The Labute approximate surface area is 111 Å². The van der Waals surface area contributed by atoms with E-state index < -0.39 is 5.97 Å². The zero-order valence-electron chi connectivity index (χ0n) is 11.6. The normalized spacial score (nSPS) is 29.9. The van der Waals surface area contributed by atoms with Gasteiger partial charge in [-0.25, -0.2) is 0 Å². The maximum Gasteiger partial charge on any atom is 0.317 e. The first-order valence-electron chi connectivity index (χ1n) is 7.70.